The highest BCUT2D eigenvalue weighted by Gasteiger charge is 2.31. The van der Waals surface area contributed by atoms with E-state index in [0.717, 1.165) is 12.8 Å². The fraction of sp³-hybridized carbons (Fsp3) is 0.333. The predicted octanol–water partition coefficient (Wildman–Crippen LogP) is 2.83. The molecule has 0 bridgehead atoms. The van der Waals surface area contributed by atoms with Gasteiger partial charge in [0.2, 0.25) is 5.91 Å². The number of benzene rings is 1. The summed E-state index contributed by atoms with van der Waals surface area (Å²) >= 11 is 0. The Morgan fingerprint density at radius 1 is 1.43 bits per heavy atom. The van der Waals surface area contributed by atoms with Crippen LogP contribution in [0.5, 0.6) is 0 Å². The summed E-state index contributed by atoms with van der Waals surface area (Å²) in [6.07, 6.45) is 1.69. The van der Waals surface area contributed by atoms with Gasteiger partial charge in [-0.3, -0.25) is 4.79 Å². The minimum atomic E-state index is -0.569. The second-order valence-corrected chi connectivity index (χ2v) is 5.05. The van der Waals surface area contributed by atoms with Crippen LogP contribution in [0.2, 0.25) is 0 Å². The van der Waals surface area contributed by atoms with Crippen molar-refractivity contribution >= 4 is 28.5 Å². The molecule has 1 saturated carbocycles. The molecule has 1 aliphatic carbocycles. The first-order valence-corrected chi connectivity index (χ1v) is 6.89. The summed E-state index contributed by atoms with van der Waals surface area (Å²) in [5.74, 6) is -1.16. The third-order valence-corrected chi connectivity index (χ3v) is 3.44. The Kier molecular flexibility index (Phi) is 3.37. The molecule has 6 heteroatoms. The SMILES string of the molecule is CCOC(=O)c1[nH]c2ccc(F)cc2c1NC(=O)C1CC1. The molecule has 0 aliphatic heterocycles. The summed E-state index contributed by atoms with van der Waals surface area (Å²) in [4.78, 5) is 26.8. The zero-order chi connectivity index (χ0) is 15.0. The van der Waals surface area contributed by atoms with E-state index >= 15 is 0 Å². The Balaban J connectivity index is 2.06. The van der Waals surface area contributed by atoms with Crippen molar-refractivity contribution < 1.29 is 18.7 Å². The minimum Gasteiger partial charge on any atom is -0.461 e. The van der Waals surface area contributed by atoms with E-state index in [1.165, 1.54) is 18.2 Å². The molecule has 2 aromatic rings. The van der Waals surface area contributed by atoms with E-state index in [1.54, 1.807) is 6.92 Å². The smallest absolute Gasteiger partial charge is 0.356 e. The van der Waals surface area contributed by atoms with Crippen molar-refractivity contribution in [3.8, 4) is 0 Å². The van der Waals surface area contributed by atoms with Gasteiger partial charge < -0.3 is 15.0 Å². The van der Waals surface area contributed by atoms with Crippen LogP contribution in [0.1, 0.15) is 30.3 Å². The largest absolute Gasteiger partial charge is 0.461 e. The molecule has 0 unspecified atom stereocenters. The van der Waals surface area contributed by atoms with Crippen LogP contribution in [0, 0.1) is 11.7 Å². The number of esters is 1. The monoisotopic (exact) mass is 290 g/mol. The first kappa shape index (κ1) is 13.6. The van der Waals surface area contributed by atoms with E-state index in [0.29, 0.717) is 16.6 Å². The third-order valence-electron chi connectivity index (χ3n) is 3.44. The predicted molar refractivity (Wildman–Crippen MR) is 75.6 cm³/mol. The molecular weight excluding hydrogens is 275 g/mol. The van der Waals surface area contributed by atoms with Crippen LogP contribution >= 0.6 is 0 Å². The Labute approximate surface area is 120 Å². The van der Waals surface area contributed by atoms with E-state index < -0.39 is 11.8 Å². The molecular formula is C15H15FN2O3. The van der Waals surface area contributed by atoms with Gasteiger partial charge in [0.1, 0.15) is 11.5 Å². The fourth-order valence-corrected chi connectivity index (χ4v) is 2.22. The van der Waals surface area contributed by atoms with Crippen molar-refractivity contribution in [2.75, 3.05) is 11.9 Å². The second-order valence-electron chi connectivity index (χ2n) is 5.05. The first-order chi connectivity index (χ1) is 10.1. The van der Waals surface area contributed by atoms with Crippen LogP contribution in [0.25, 0.3) is 10.9 Å². The normalized spacial score (nSPS) is 14.2. The number of aromatic amines is 1. The molecule has 1 aromatic carbocycles. The number of halogens is 1. The molecule has 110 valence electrons. The molecule has 5 nitrogen and oxygen atoms in total. The highest BCUT2D eigenvalue weighted by molar-refractivity contribution is 6.11. The molecule has 0 saturated heterocycles. The Bertz CT molecular complexity index is 719. The van der Waals surface area contributed by atoms with E-state index in [2.05, 4.69) is 10.3 Å². The number of rotatable bonds is 4. The number of aromatic nitrogens is 1. The summed E-state index contributed by atoms with van der Waals surface area (Å²) < 4.78 is 18.4. The number of carbonyl (C=O) groups excluding carboxylic acids is 2. The molecule has 1 heterocycles. The van der Waals surface area contributed by atoms with Gasteiger partial charge in [0.25, 0.3) is 0 Å². The van der Waals surface area contributed by atoms with Crippen molar-refractivity contribution in [3.05, 3.63) is 29.7 Å². The van der Waals surface area contributed by atoms with Crippen LogP contribution in [0.15, 0.2) is 18.2 Å². The lowest BCUT2D eigenvalue weighted by Gasteiger charge is -2.06. The topological polar surface area (TPSA) is 71.2 Å². The van der Waals surface area contributed by atoms with Crippen LogP contribution in [-0.2, 0) is 9.53 Å². The van der Waals surface area contributed by atoms with Crippen LogP contribution in [0.4, 0.5) is 10.1 Å². The van der Waals surface area contributed by atoms with Gasteiger partial charge in [0.15, 0.2) is 0 Å². The Morgan fingerprint density at radius 3 is 2.86 bits per heavy atom. The van der Waals surface area contributed by atoms with Crippen LogP contribution < -0.4 is 5.32 Å². The van der Waals surface area contributed by atoms with Gasteiger partial charge in [0, 0.05) is 16.8 Å². The lowest BCUT2D eigenvalue weighted by molar-refractivity contribution is -0.117. The van der Waals surface area contributed by atoms with E-state index in [4.69, 9.17) is 4.74 Å². The van der Waals surface area contributed by atoms with Crippen LogP contribution in [0.3, 0.4) is 0 Å². The van der Waals surface area contributed by atoms with Crippen molar-refractivity contribution in [2.24, 2.45) is 5.92 Å². The number of fused-ring (bicyclic) bond motifs is 1. The molecule has 2 N–H and O–H groups in total. The molecule has 21 heavy (non-hydrogen) atoms. The highest BCUT2D eigenvalue weighted by atomic mass is 19.1. The van der Waals surface area contributed by atoms with Gasteiger partial charge >= 0.3 is 5.97 Å². The summed E-state index contributed by atoms with van der Waals surface area (Å²) in [5.41, 5.74) is 1.01. The molecule has 0 atom stereocenters. The molecule has 3 rings (SSSR count). The van der Waals surface area contributed by atoms with Crippen LogP contribution in [-0.4, -0.2) is 23.5 Å². The van der Waals surface area contributed by atoms with E-state index in [1.807, 2.05) is 0 Å². The Morgan fingerprint density at radius 2 is 2.19 bits per heavy atom. The maximum atomic E-state index is 13.4. The standard InChI is InChI=1S/C15H15FN2O3/c1-2-21-15(20)13-12(18-14(19)8-3-4-8)10-7-9(16)5-6-11(10)17-13/h5-8,17H,2-4H2,1H3,(H,18,19). The van der Waals surface area contributed by atoms with Gasteiger partial charge in [-0.05, 0) is 38.0 Å². The number of H-pyrrole nitrogens is 1. The number of carbonyl (C=O) groups is 2. The average molecular weight is 290 g/mol. The average Bonchev–Trinajstić information content (AvgIpc) is 3.24. The van der Waals surface area contributed by atoms with Gasteiger partial charge in [0.05, 0.1) is 12.3 Å². The lowest BCUT2D eigenvalue weighted by Crippen LogP contribution is -2.16. The highest BCUT2D eigenvalue weighted by Crippen LogP contribution is 2.34. The van der Waals surface area contributed by atoms with E-state index in [-0.39, 0.29) is 24.1 Å². The zero-order valence-corrected chi connectivity index (χ0v) is 11.5. The zero-order valence-electron chi connectivity index (χ0n) is 11.5. The minimum absolute atomic E-state index is 0.0152. The summed E-state index contributed by atoms with van der Waals surface area (Å²) in [5, 5.41) is 3.19. The number of hydrogen-bond donors (Lipinski definition) is 2. The molecule has 1 fully saturated rings. The van der Waals surface area contributed by atoms with Gasteiger partial charge in [-0.15, -0.1) is 0 Å². The molecule has 1 aliphatic rings. The quantitative estimate of drug-likeness (QED) is 0.851. The van der Waals surface area contributed by atoms with Gasteiger partial charge in [-0.2, -0.15) is 0 Å². The first-order valence-electron chi connectivity index (χ1n) is 6.89. The number of amides is 1. The molecule has 1 amide bonds. The van der Waals surface area contributed by atoms with E-state index in [9.17, 15) is 14.0 Å². The third kappa shape index (κ3) is 2.61. The lowest BCUT2D eigenvalue weighted by atomic mass is 10.2. The molecule has 0 radical (unpaired) electrons. The summed E-state index contributed by atoms with van der Waals surface area (Å²) in [6, 6.07) is 4.11. The van der Waals surface area contributed by atoms with Crippen molar-refractivity contribution in [1.29, 1.82) is 0 Å². The number of hydrogen-bond acceptors (Lipinski definition) is 3. The number of ether oxygens (including phenoxy) is 1. The maximum absolute atomic E-state index is 13.4. The Hall–Kier alpha value is -2.37. The van der Waals surface area contributed by atoms with Crippen molar-refractivity contribution in [3.63, 3.8) is 0 Å². The van der Waals surface area contributed by atoms with Crippen molar-refractivity contribution in [2.45, 2.75) is 19.8 Å². The maximum Gasteiger partial charge on any atom is 0.356 e. The summed E-state index contributed by atoms with van der Waals surface area (Å²) in [6.45, 7) is 1.92. The number of nitrogens with one attached hydrogen (secondary N) is 2. The summed E-state index contributed by atoms with van der Waals surface area (Å²) in [7, 11) is 0. The second kappa shape index (κ2) is 5.20. The molecule has 1 aromatic heterocycles. The number of anilines is 1. The fourth-order valence-electron chi connectivity index (χ4n) is 2.22. The molecule has 0 spiro atoms. The van der Waals surface area contributed by atoms with Crippen molar-refractivity contribution in [1.82, 2.24) is 4.98 Å². The van der Waals surface area contributed by atoms with Gasteiger partial charge in [-0.1, -0.05) is 0 Å². The van der Waals surface area contributed by atoms with Gasteiger partial charge in [-0.25, -0.2) is 9.18 Å².